The Morgan fingerprint density at radius 3 is 2.41 bits per heavy atom. The highest BCUT2D eigenvalue weighted by Crippen LogP contribution is 2.58. The van der Waals surface area contributed by atoms with Crippen molar-refractivity contribution in [3.05, 3.63) is 36.4 Å². The van der Waals surface area contributed by atoms with Gasteiger partial charge in [-0.25, -0.2) is 21.6 Å². The Kier molecular flexibility index (Phi) is 12.9. The van der Waals surface area contributed by atoms with E-state index in [0.717, 1.165) is 19.2 Å². The number of methoxy groups -OCH3 is 1. The molecule has 0 radical (unpaired) electrons. The summed E-state index contributed by atoms with van der Waals surface area (Å²) in [4.78, 5) is 65.2. The number of allylic oxidation sites excluding steroid dienone is 2. The molecule has 1 N–H and O–H groups in total. The summed E-state index contributed by atoms with van der Waals surface area (Å²) < 4.78 is 87.2. The number of alkyl halides is 3. The third-order valence-electron chi connectivity index (χ3n) is 13.4. The molecule has 1 aromatic carbocycles. The molecule has 2 aliphatic carbocycles. The Balaban J connectivity index is 1.38. The molecule has 7 atom stereocenters. The fourth-order valence-electron chi connectivity index (χ4n) is 8.63. The second kappa shape index (κ2) is 17.0. The minimum Gasteiger partial charge on any atom is -0.497 e. The molecule has 2 aliphatic heterocycles. The monoisotopic (exact) mass is 876 g/mol. The number of esters is 1. The van der Waals surface area contributed by atoms with E-state index in [1.807, 2.05) is 52.2 Å². The number of hydrogen-bond acceptors (Lipinski definition) is 11. The molecule has 1 aromatic heterocycles. The molecule has 6 rings (SSSR count). The van der Waals surface area contributed by atoms with E-state index in [1.54, 1.807) is 24.1 Å². The lowest BCUT2D eigenvalue weighted by atomic mass is 9.82. The number of anilines is 1. The Hall–Kier alpha value is -4.41. The summed E-state index contributed by atoms with van der Waals surface area (Å²) in [5, 5.41) is 1.39. The number of Topliss-reactive ketones (excluding diaryl/α,β-unsaturated/α-hetero) is 1. The quantitative estimate of drug-likeness (QED) is 0.182. The van der Waals surface area contributed by atoms with E-state index in [0.29, 0.717) is 43.1 Å². The van der Waals surface area contributed by atoms with E-state index < -0.39 is 105 Å². The molecule has 3 fully saturated rings. The van der Waals surface area contributed by atoms with Crippen LogP contribution in [0.1, 0.15) is 92.4 Å². The zero-order valence-electron chi connectivity index (χ0n) is 36.3. The first-order valence-corrected chi connectivity index (χ1v) is 22.5. The molecule has 0 unspecified atom stereocenters. The molecule has 2 amide bonds. The highest BCUT2D eigenvalue weighted by Gasteiger charge is 2.63. The van der Waals surface area contributed by atoms with Crippen molar-refractivity contribution in [2.75, 3.05) is 39.3 Å². The molecule has 4 aliphatic rings. The molecule has 61 heavy (non-hydrogen) atoms. The number of nitrogens with zero attached hydrogens (tertiary/aromatic N) is 3. The summed E-state index contributed by atoms with van der Waals surface area (Å²) in [7, 11) is 0.782. The van der Waals surface area contributed by atoms with Gasteiger partial charge in [0.15, 0.2) is 11.4 Å². The Labute approximate surface area is 356 Å². The molecule has 336 valence electrons. The van der Waals surface area contributed by atoms with E-state index in [-0.39, 0.29) is 44.0 Å². The average molecular weight is 877 g/mol. The van der Waals surface area contributed by atoms with Crippen molar-refractivity contribution in [3.63, 3.8) is 0 Å². The first-order chi connectivity index (χ1) is 28.5. The lowest BCUT2D eigenvalue weighted by Gasteiger charge is -2.34. The topological polar surface area (TPSA) is 162 Å². The van der Waals surface area contributed by atoms with Crippen LogP contribution in [0.25, 0.3) is 10.8 Å². The summed E-state index contributed by atoms with van der Waals surface area (Å²) in [5.74, 6) is -6.97. The van der Waals surface area contributed by atoms with Crippen LogP contribution in [0.3, 0.4) is 0 Å². The standard InChI is InChI=1S/C44H59F3N4O9S/c1-26-11-9-10-12-29-22-44(29,40(55)49-61(56,57)43(25-45)15-16-43)23-35(52)34-20-31(59-38-32-14-13-30(58-8)18-28(32)19-36(48-38)50(6)7)24-51(34)39(54)33(27(2)17-26)21-37(53)60-41(3,4)42(5,46)47/h10,12-14,18-19,26-27,29,31,33-34H,9,11,15-17,20-25H2,1-8H3,(H,49,55)/b12-10-/t26-,27-,29-,31-,33+,34+,44-/m1/s1. The maximum atomic E-state index is 15.0. The van der Waals surface area contributed by atoms with Gasteiger partial charge in [-0.2, -0.15) is 4.98 Å². The van der Waals surface area contributed by atoms with Crippen LogP contribution < -0.4 is 19.1 Å². The number of carbonyl (C=O) groups is 4. The first-order valence-electron chi connectivity index (χ1n) is 21.0. The lowest BCUT2D eigenvalue weighted by molar-refractivity contribution is -0.197. The lowest BCUT2D eigenvalue weighted by Crippen LogP contribution is -2.49. The van der Waals surface area contributed by atoms with Crippen molar-refractivity contribution >= 4 is 50.2 Å². The highest BCUT2D eigenvalue weighted by molar-refractivity contribution is 7.91. The van der Waals surface area contributed by atoms with Crippen LogP contribution in [0.4, 0.5) is 19.0 Å². The van der Waals surface area contributed by atoms with Gasteiger partial charge in [-0.3, -0.25) is 23.9 Å². The summed E-state index contributed by atoms with van der Waals surface area (Å²) in [6, 6.07) is 6.05. The first kappa shape index (κ1) is 46.1. The summed E-state index contributed by atoms with van der Waals surface area (Å²) in [6.07, 6.45) is 3.96. The number of fused-ring (bicyclic) bond motifs is 3. The van der Waals surface area contributed by atoms with Gasteiger partial charge in [0.05, 0.1) is 37.5 Å². The van der Waals surface area contributed by atoms with Gasteiger partial charge in [0.25, 0.3) is 5.92 Å². The SMILES string of the molecule is COc1ccc2c(O[C@@H]3C[C@H]4C(=O)C[C@]5(C(=O)NS(=O)(=O)C6(CF)CC6)C[C@H]5/C=C\CC[C@@H](C)C[C@@H](C)[C@H](CC(=O)OC(C)(C)C(C)(F)F)C(=O)N4C3)nc(N(C)C)cc2c1. The fraction of sp³-hybridized carbons (Fsp3) is 0.659. The average Bonchev–Trinajstić information content (AvgIpc) is 4.08. The maximum absolute atomic E-state index is 15.0. The number of carbonyl (C=O) groups excluding carboxylic acids is 4. The van der Waals surface area contributed by atoms with Crippen LogP contribution in [0.15, 0.2) is 36.4 Å². The number of pyridine rings is 1. The molecule has 3 heterocycles. The molecule has 0 bridgehead atoms. The van der Waals surface area contributed by atoms with Gasteiger partial charge in [0.2, 0.25) is 27.7 Å². The van der Waals surface area contributed by atoms with Gasteiger partial charge in [-0.1, -0.05) is 26.0 Å². The zero-order valence-corrected chi connectivity index (χ0v) is 37.1. The van der Waals surface area contributed by atoms with Crippen LogP contribution in [0.2, 0.25) is 0 Å². The second-order valence-electron chi connectivity index (χ2n) is 18.6. The predicted octanol–water partition coefficient (Wildman–Crippen LogP) is 6.57. The summed E-state index contributed by atoms with van der Waals surface area (Å²) >= 11 is 0. The Morgan fingerprint density at radius 2 is 1.79 bits per heavy atom. The van der Waals surface area contributed by atoms with Crippen LogP contribution in [0.5, 0.6) is 11.6 Å². The number of amides is 2. The number of benzene rings is 1. The third-order valence-corrected chi connectivity index (χ3v) is 15.5. The number of ketones is 1. The molecule has 17 heteroatoms. The van der Waals surface area contributed by atoms with Crippen LogP contribution in [0, 0.1) is 29.1 Å². The van der Waals surface area contributed by atoms with Gasteiger partial charge in [0.1, 0.15) is 29.1 Å². The van der Waals surface area contributed by atoms with Crippen molar-refractivity contribution in [1.29, 1.82) is 0 Å². The van der Waals surface area contributed by atoms with Crippen molar-refractivity contribution in [2.24, 2.45) is 29.1 Å². The molecule has 2 aromatic rings. The zero-order chi connectivity index (χ0) is 44.9. The smallest absolute Gasteiger partial charge is 0.307 e. The number of rotatable bonds is 12. The summed E-state index contributed by atoms with van der Waals surface area (Å²) in [5.41, 5.74) is -3.65. The number of nitrogens with one attached hydrogen (secondary N) is 1. The molecule has 2 saturated carbocycles. The maximum Gasteiger partial charge on any atom is 0.307 e. The molecule has 0 spiro atoms. The molecular formula is C44H59F3N4O9S. The number of aromatic nitrogens is 1. The van der Waals surface area contributed by atoms with Crippen molar-refractivity contribution in [3.8, 4) is 11.6 Å². The number of sulfonamides is 1. The molecular weight excluding hydrogens is 818 g/mol. The van der Waals surface area contributed by atoms with Gasteiger partial charge in [-0.15, -0.1) is 0 Å². The van der Waals surface area contributed by atoms with Crippen LogP contribution >= 0.6 is 0 Å². The number of halogens is 3. The highest BCUT2D eigenvalue weighted by atomic mass is 32.2. The molecule has 1 saturated heterocycles. The van der Waals surface area contributed by atoms with Crippen molar-refractivity contribution in [1.82, 2.24) is 14.6 Å². The van der Waals surface area contributed by atoms with Gasteiger partial charge < -0.3 is 24.0 Å². The van der Waals surface area contributed by atoms with E-state index >= 15 is 4.79 Å². The van der Waals surface area contributed by atoms with Gasteiger partial charge >= 0.3 is 5.97 Å². The van der Waals surface area contributed by atoms with Crippen LogP contribution in [-0.4, -0.2) is 105 Å². The third kappa shape index (κ3) is 9.51. The van der Waals surface area contributed by atoms with Crippen molar-refractivity contribution < 1.29 is 55.0 Å². The Morgan fingerprint density at radius 1 is 1.08 bits per heavy atom. The Bertz CT molecular complexity index is 2170. The van der Waals surface area contributed by atoms with Gasteiger partial charge in [-0.05, 0) is 99.8 Å². The van der Waals surface area contributed by atoms with E-state index in [4.69, 9.17) is 19.2 Å². The van der Waals surface area contributed by atoms with E-state index in [1.165, 1.54) is 4.90 Å². The van der Waals surface area contributed by atoms with E-state index in [9.17, 15) is 36.0 Å². The predicted molar refractivity (Wildman–Crippen MR) is 223 cm³/mol. The molecule has 13 nitrogen and oxygen atoms in total. The van der Waals surface area contributed by atoms with Crippen molar-refractivity contribution in [2.45, 2.75) is 121 Å². The van der Waals surface area contributed by atoms with E-state index in [2.05, 4.69) is 4.72 Å². The summed E-state index contributed by atoms with van der Waals surface area (Å²) in [6.45, 7) is 5.40. The minimum atomic E-state index is -4.40. The second-order valence-corrected chi connectivity index (χ2v) is 20.7. The number of ether oxygens (including phenoxy) is 3. The minimum absolute atomic E-state index is 0.0331. The normalized spacial score (nSPS) is 28.7. The van der Waals surface area contributed by atoms with Crippen LogP contribution in [-0.2, 0) is 33.9 Å². The fourth-order valence-corrected chi connectivity index (χ4v) is 10.1. The number of hydrogen-bond donors (Lipinski definition) is 1. The van der Waals surface area contributed by atoms with Gasteiger partial charge in [0, 0.05) is 39.2 Å². The largest absolute Gasteiger partial charge is 0.497 e.